The zero-order valence-corrected chi connectivity index (χ0v) is 17.8. The zero-order chi connectivity index (χ0) is 24.2. The molecule has 2 aliphatic rings. The molecule has 1 heterocycles. The molecule has 7 nitrogen and oxygen atoms in total. The van der Waals surface area contributed by atoms with Gasteiger partial charge in [-0.1, -0.05) is 18.2 Å². The van der Waals surface area contributed by atoms with Crippen LogP contribution in [0.2, 0.25) is 0 Å². The van der Waals surface area contributed by atoms with Crippen molar-refractivity contribution in [2.24, 2.45) is 11.8 Å². The third-order valence-electron chi connectivity index (χ3n) is 5.95. The molecule has 182 valence electrons. The number of benzene rings is 1. The summed E-state index contributed by atoms with van der Waals surface area (Å²) in [7, 11) is 0. The first-order valence-electron chi connectivity index (χ1n) is 10.8. The number of alkyl halides is 3. The second-order valence-corrected chi connectivity index (χ2v) is 8.38. The Balaban J connectivity index is 1.51. The minimum absolute atomic E-state index is 0.00834. The van der Waals surface area contributed by atoms with E-state index in [0.717, 1.165) is 12.1 Å². The number of allylic oxidation sites excluding steroid dienone is 2. The van der Waals surface area contributed by atoms with Crippen molar-refractivity contribution in [2.75, 3.05) is 6.61 Å². The highest BCUT2D eigenvalue weighted by Gasteiger charge is 2.57. The average molecular weight is 472 g/mol. The Morgan fingerprint density at radius 2 is 2.06 bits per heavy atom. The molecule has 6 atom stereocenters. The summed E-state index contributed by atoms with van der Waals surface area (Å²) < 4.78 is 49.3. The molecular weight excluding hydrogens is 445 g/mol. The topological polar surface area (TPSA) is 117 Å². The molecule has 1 aliphatic heterocycles. The summed E-state index contributed by atoms with van der Waals surface area (Å²) in [5.74, 6) is -2.00. The van der Waals surface area contributed by atoms with Crippen molar-refractivity contribution in [2.45, 2.75) is 62.7 Å². The number of epoxide rings is 1. The summed E-state index contributed by atoms with van der Waals surface area (Å²) >= 11 is 0. The highest BCUT2D eigenvalue weighted by atomic mass is 19.4. The van der Waals surface area contributed by atoms with Gasteiger partial charge in [-0.25, -0.2) is 0 Å². The summed E-state index contributed by atoms with van der Waals surface area (Å²) in [5, 5.41) is 29.4. The minimum atomic E-state index is -4.51. The molecule has 2 fully saturated rings. The van der Waals surface area contributed by atoms with E-state index in [4.69, 9.17) is 14.6 Å². The maximum Gasteiger partial charge on any atom is 0.416 e. The number of Topliss-reactive ketones (excluding diaryl/α,β-unsaturated/α-hetero) is 1. The van der Waals surface area contributed by atoms with Gasteiger partial charge in [-0.15, -0.1) is 0 Å². The van der Waals surface area contributed by atoms with Crippen molar-refractivity contribution < 1.29 is 47.6 Å². The Bertz CT molecular complexity index is 870. The van der Waals surface area contributed by atoms with Crippen LogP contribution >= 0.6 is 0 Å². The van der Waals surface area contributed by atoms with Gasteiger partial charge in [0.05, 0.1) is 17.8 Å². The Hall–Kier alpha value is -2.43. The van der Waals surface area contributed by atoms with Gasteiger partial charge in [-0.05, 0) is 37.5 Å². The molecule has 1 aromatic rings. The lowest BCUT2D eigenvalue weighted by Gasteiger charge is -2.19. The predicted octanol–water partition coefficient (Wildman–Crippen LogP) is 2.98. The maximum absolute atomic E-state index is 12.8. The van der Waals surface area contributed by atoms with E-state index in [2.05, 4.69) is 0 Å². The highest BCUT2D eigenvalue weighted by molar-refractivity contribution is 5.84. The first-order valence-corrected chi connectivity index (χ1v) is 10.8. The molecule has 3 N–H and O–H groups in total. The first kappa shape index (κ1) is 25.2. The Morgan fingerprint density at radius 1 is 1.30 bits per heavy atom. The van der Waals surface area contributed by atoms with E-state index in [9.17, 15) is 33.0 Å². The smallest absolute Gasteiger partial charge is 0.416 e. The normalized spacial score (nSPS) is 28.3. The molecule has 0 amide bonds. The van der Waals surface area contributed by atoms with E-state index in [0.29, 0.717) is 19.3 Å². The molecule has 2 unspecified atom stereocenters. The molecular formula is C23H27F3O7. The number of carbonyl (C=O) groups is 2. The van der Waals surface area contributed by atoms with E-state index < -0.39 is 54.0 Å². The number of carboxylic acid groups (broad SMARTS) is 1. The number of unbranched alkanes of at least 4 members (excludes halogenated alkanes) is 1. The van der Waals surface area contributed by atoms with Gasteiger partial charge >= 0.3 is 12.1 Å². The Labute approximate surface area is 188 Å². The van der Waals surface area contributed by atoms with Gasteiger partial charge < -0.3 is 24.8 Å². The lowest BCUT2D eigenvalue weighted by molar-refractivity contribution is -0.138. The van der Waals surface area contributed by atoms with Crippen LogP contribution in [0.15, 0.2) is 36.4 Å². The van der Waals surface area contributed by atoms with Crippen LogP contribution in [-0.2, 0) is 20.5 Å². The standard InChI is InChI=1S/C23H27F3O7/c24-23(25,26)13-6-5-7-14(10-13)32-12-18(29)21-22(33-21)20-15(16(27)11-17(20)28)8-3-1-2-4-9-19(30)31/h1,3,5-7,10,15,17-18,20-22,28-29H,2,4,8-9,11-12H2,(H,30,31)/b3-1-/t15-,17+,18?,20+,21?,22+/m0/s1. The Kier molecular flexibility index (Phi) is 8.14. The van der Waals surface area contributed by atoms with Gasteiger partial charge in [0.25, 0.3) is 0 Å². The largest absolute Gasteiger partial charge is 0.491 e. The highest BCUT2D eigenvalue weighted by Crippen LogP contribution is 2.44. The maximum atomic E-state index is 12.8. The van der Waals surface area contributed by atoms with Crippen molar-refractivity contribution in [3.8, 4) is 5.75 Å². The van der Waals surface area contributed by atoms with Crippen LogP contribution in [0, 0.1) is 11.8 Å². The van der Waals surface area contributed by atoms with Gasteiger partial charge in [-0.3, -0.25) is 9.59 Å². The van der Waals surface area contributed by atoms with E-state index in [1.54, 1.807) is 12.2 Å². The number of rotatable bonds is 11. The van der Waals surface area contributed by atoms with E-state index in [1.807, 2.05) is 0 Å². The third kappa shape index (κ3) is 6.78. The molecule has 10 heteroatoms. The fourth-order valence-electron chi connectivity index (χ4n) is 4.24. The van der Waals surface area contributed by atoms with Crippen molar-refractivity contribution in [1.29, 1.82) is 0 Å². The molecule has 1 saturated heterocycles. The minimum Gasteiger partial charge on any atom is -0.491 e. The SMILES string of the molecule is O=C(O)CCC/C=C\C[C@H]1C(=O)C[C@@H](O)[C@@H]1[C@H]1OC1C(O)COc1cccc(C(F)(F)F)c1. The van der Waals surface area contributed by atoms with Gasteiger partial charge in [0, 0.05) is 24.7 Å². The monoisotopic (exact) mass is 472 g/mol. The number of halogens is 3. The number of ketones is 1. The van der Waals surface area contributed by atoms with E-state index in [1.165, 1.54) is 12.1 Å². The lowest BCUT2D eigenvalue weighted by Crippen LogP contribution is -2.32. The molecule has 0 aromatic heterocycles. The summed E-state index contributed by atoms with van der Waals surface area (Å²) in [6.07, 6.45) is -2.73. The van der Waals surface area contributed by atoms with Crippen LogP contribution in [0.1, 0.15) is 37.7 Å². The first-order chi connectivity index (χ1) is 15.6. The summed E-state index contributed by atoms with van der Waals surface area (Å²) in [4.78, 5) is 22.9. The Morgan fingerprint density at radius 3 is 2.76 bits per heavy atom. The van der Waals surface area contributed by atoms with Crippen molar-refractivity contribution in [3.63, 3.8) is 0 Å². The average Bonchev–Trinajstić information content (AvgIpc) is 3.47. The van der Waals surface area contributed by atoms with Gasteiger partial charge in [0.1, 0.15) is 30.3 Å². The number of hydrogen-bond donors (Lipinski definition) is 3. The number of aliphatic carboxylic acids is 1. The fraction of sp³-hybridized carbons (Fsp3) is 0.565. The third-order valence-corrected chi connectivity index (χ3v) is 5.95. The number of aliphatic hydroxyl groups excluding tert-OH is 2. The molecule has 33 heavy (non-hydrogen) atoms. The van der Waals surface area contributed by atoms with Crippen LogP contribution in [0.25, 0.3) is 0 Å². The van der Waals surface area contributed by atoms with Crippen LogP contribution in [0.3, 0.4) is 0 Å². The molecule has 1 saturated carbocycles. The molecule has 3 rings (SSSR count). The quantitative estimate of drug-likeness (QED) is 0.258. The number of carbonyl (C=O) groups excluding carboxylic acids is 1. The summed E-state index contributed by atoms with van der Waals surface area (Å²) in [6.45, 7) is -0.298. The molecule has 1 aliphatic carbocycles. The molecule has 0 spiro atoms. The van der Waals surface area contributed by atoms with Crippen molar-refractivity contribution in [1.82, 2.24) is 0 Å². The molecule has 1 aromatic carbocycles. The van der Waals surface area contributed by atoms with Crippen molar-refractivity contribution >= 4 is 11.8 Å². The number of ether oxygens (including phenoxy) is 2. The predicted molar refractivity (Wildman–Crippen MR) is 109 cm³/mol. The van der Waals surface area contributed by atoms with Gasteiger partial charge in [-0.2, -0.15) is 13.2 Å². The number of aliphatic hydroxyl groups is 2. The second kappa shape index (κ2) is 10.7. The van der Waals surface area contributed by atoms with Crippen LogP contribution in [-0.4, -0.2) is 58.1 Å². The second-order valence-electron chi connectivity index (χ2n) is 8.38. The van der Waals surface area contributed by atoms with E-state index >= 15 is 0 Å². The summed E-state index contributed by atoms with van der Waals surface area (Å²) in [6, 6.07) is 4.32. The van der Waals surface area contributed by atoms with Gasteiger partial charge in [0.2, 0.25) is 0 Å². The van der Waals surface area contributed by atoms with Crippen LogP contribution < -0.4 is 4.74 Å². The van der Waals surface area contributed by atoms with Gasteiger partial charge in [0.15, 0.2) is 0 Å². The fourth-order valence-corrected chi connectivity index (χ4v) is 4.24. The van der Waals surface area contributed by atoms with Crippen LogP contribution in [0.5, 0.6) is 5.75 Å². The zero-order valence-electron chi connectivity index (χ0n) is 17.8. The van der Waals surface area contributed by atoms with Crippen LogP contribution in [0.4, 0.5) is 13.2 Å². The number of hydrogen-bond acceptors (Lipinski definition) is 6. The van der Waals surface area contributed by atoms with Crippen molar-refractivity contribution in [3.05, 3.63) is 42.0 Å². The summed E-state index contributed by atoms with van der Waals surface area (Å²) in [5.41, 5.74) is -0.860. The number of carboxylic acids is 1. The molecule has 0 radical (unpaired) electrons. The lowest BCUT2D eigenvalue weighted by atomic mass is 9.86. The van der Waals surface area contributed by atoms with E-state index in [-0.39, 0.29) is 31.0 Å². The molecule has 0 bridgehead atoms.